The number of hydrogen-bond donors (Lipinski definition) is 2. The van der Waals surface area contributed by atoms with E-state index in [2.05, 4.69) is 4.98 Å². The molecule has 1 atom stereocenters. The molecule has 2 aromatic carbocycles. The minimum atomic E-state index is -0.693. The van der Waals surface area contributed by atoms with E-state index in [0.29, 0.717) is 31.0 Å². The summed E-state index contributed by atoms with van der Waals surface area (Å²) in [6.45, 7) is 3.30. The highest BCUT2D eigenvalue weighted by Gasteiger charge is 2.46. The lowest BCUT2D eigenvalue weighted by molar-refractivity contribution is -0.140. The van der Waals surface area contributed by atoms with Crippen LogP contribution in [-0.2, 0) is 9.59 Å². The SMILES string of the molecule is CCOc1cccc(/C(O)=C2\C(=O)C(=O)N(CCN(C)C)C2c2c[nH]c3ccccc23)c1. The molecule has 3 aromatic rings. The van der Waals surface area contributed by atoms with Gasteiger partial charge in [0.1, 0.15) is 11.5 Å². The molecule has 1 fully saturated rings. The van der Waals surface area contributed by atoms with Crippen LogP contribution in [0.4, 0.5) is 0 Å². The number of para-hydroxylation sites is 1. The summed E-state index contributed by atoms with van der Waals surface area (Å²) in [5.41, 5.74) is 2.21. The molecule has 1 aromatic heterocycles. The van der Waals surface area contributed by atoms with Crippen LogP contribution in [0, 0.1) is 0 Å². The van der Waals surface area contributed by atoms with Crippen molar-refractivity contribution < 1.29 is 19.4 Å². The van der Waals surface area contributed by atoms with E-state index in [9.17, 15) is 14.7 Å². The van der Waals surface area contributed by atoms with Gasteiger partial charge in [-0.25, -0.2) is 0 Å². The number of nitrogens with one attached hydrogen (secondary N) is 1. The highest BCUT2D eigenvalue weighted by atomic mass is 16.5. The molecule has 166 valence electrons. The van der Waals surface area contributed by atoms with E-state index in [1.54, 1.807) is 29.2 Å². The Labute approximate surface area is 186 Å². The predicted molar refractivity (Wildman–Crippen MR) is 123 cm³/mol. The molecule has 0 saturated carbocycles. The van der Waals surface area contributed by atoms with Crippen LogP contribution in [0.15, 0.2) is 60.3 Å². The molecule has 32 heavy (non-hydrogen) atoms. The van der Waals surface area contributed by atoms with Crippen molar-refractivity contribution in [3.8, 4) is 5.75 Å². The summed E-state index contributed by atoms with van der Waals surface area (Å²) in [6, 6.07) is 14.0. The van der Waals surface area contributed by atoms with Crippen LogP contribution in [0.25, 0.3) is 16.7 Å². The van der Waals surface area contributed by atoms with Crippen molar-refractivity contribution in [1.82, 2.24) is 14.8 Å². The van der Waals surface area contributed by atoms with E-state index in [1.807, 2.05) is 56.4 Å². The number of Topliss-reactive ketones (excluding diaryl/α,β-unsaturated/α-hetero) is 1. The maximum absolute atomic E-state index is 13.2. The zero-order chi connectivity index (χ0) is 22.8. The van der Waals surface area contributed by atoms with Gasteiger partial charge in [-0.1, -0.05) is 30.3 Å². The minimum Gasteiger partial charge on any atom is -0.507 e. The van der Waals surface area contributed by atoms with Crippen LogP contribution in [0.1, 0.15) is 24.1 Å². The molecule has 0 radical (unpaired) electrons. The third-order valence-electron chi connectivity index (χ3n) is 5.66. The molecule has 2 heterocycles. The number of likely N-dealkylation sites (N-methyl/N-ethyl adjacent to an activating group) is 1. The number of H-pyrrole nitrogens is 1. The zero-order valence-corrected chi connectivity index (χ0v) is 18.5. The smallest absolute Gasteiger partial charge is 0.295 e. The zero-order valence-electron chi connectivity index (χ0n) is 18.5. The number of fused-ring (bicyclic) bond motifs is 1. The Morgan fingerprint density at radius 3 is 2.69 bits per heavy atom. The van der Waals surface area contributed by atoms with Gasteiger partial charge in [0.25, 0.3) is 11.7 Å². The summed E-state index contributed by atoms with van der Waals surface area (Å²) in [5, 5.41) is 12.1. The maximum Gasteiger partial charge on any atom is 0.295 e. The Morgan fingerprint density at radius 2 is 1.94 bits per heavy atom. The predicted octanol–water partition coefficient (Wildman–Crippen LogP) is 3.55. The molecule has 1 saturated heterocycles. The summed E-state index contributed by atoms with van der Waals surface area (Å²) < 4.78 is 5.54. The monoisotopic (exact) mass is 433 g/mol. The van der Waals surface area contributed by atoms with Crippen LogP contribution in [0.5, 0.6) is 5.75 Å². The number of aliphatic hydroxyl groups is 1. The lowest BCUT2D eigenvalue weighted by Crippen LogP contribution is -2.35. The van der Waals surface area contributed by atoms with E-state index in [-0.39, 0.29) is 11.3 Å². The maximum atomic E-state index is 13.2. The van der Waals surface area contributed by atoms with Crippen LogP contribution < -0.4 is 4.74 Å². The number of aromatic amines is 1. The first-order valence-corrected chi connectivity index (χ1v) is 10.6. The lowest BCUT2D eigenvalue weighted by atomic mass is 9.95. The molecule has 1 aliphatic heterocycles. The fourth-order valence-corrected chi connectivity index (χ4v) is 4.12. The summed E-state index contributed by atoms with van der Waals surface area (Å²) in [6.07, 6.45) is 1.81. The Morgan fingerprint density at radius 1 is 1.16 bits per heavy atom. The molecule has 0 bridgehead atoms. The molecule has 0 spiro atoms. The Kier molecular flexibility index (Phi) is 6.01. The van der Waals surface area contributed by atoms with E-state index >= 15 is 0 Å². The minimum absolute atomic E-state index is 0.0900. The molecule has 0 aliphatic carbocycles. The van der Waals surface area contributed by atoms with Crippen LogP contribution in [0.2, 0.25) is 0 Å². The molecule has 1 amide bonds. The summed E-state index contributed by atoms with van der Waals surface area (Å²) in [7, 11) is 3.83. The van der Waals surface area contributed by atoms with E-state index in [0.717, 1.165) is 16.5 Å². The van der Waals surface area contributed by atoms with Crippen LogP contribution >= 0.6 is 0 Å². The molecule has 1 unspecified atom stereocenters. The van der Waals surface area contributed by atoms with E-state index in [4.69, 9.17) is 4.74 Å². The van der Waals surface area contributed by atoms with Crippen molar-refractivity contribution in [2.75, 3.05) is 33.8 Å². The summed E-state index contributed by atoms with van der Waals surface area (Å²) in [4.78, 5) is 32.9. The van der Waals surface area contributed by atoms with Crippen molar-refractivity contribution >= 4 is 28.4 Å². The lowest BCUT2D eigenvalue weighted by Gasteiger charge is -2.26. The number of carbonyl (C=O) groups is 2. The first-order valence-electron chi connectivity index (χ1n) is 10.6. The largest absolute Gasteiger partial charge is 0.507 e. The van der Waals surface area contributed by atoms with Crippen LogP contribution in [-0.4, -0.2) is 65.4 Å². The van der Waals surface area contributed by atoms with Crippen molar-refractivity contribution in [2.24, 2.45) is 0 Å². The van der Waals surface area contributed by atoms with Crippen molar-refractivity contribution in [2.45, 2.75) is 13.0 Å². The molecular weight excluding hydrogens is 406 g/mol. The number of aliphatic hydroxyl groups excluding tert-OH is 1. The number of amides is 1. The standard InChI is InChI=1S/C25H27N3O4/c1-4-32-17-9-7-8-16(14-17)23(29)21-22(19-15-26-20-11-6-5-10-18(19)20)28(13-12-27(2)3)25(31)24(21)30/h5-11,14-15,22,26,29H,4,12-13H2,1-3H3/b23-21+. The van der Waals surface area contributed by atoms with Crippen molar-refractivity contribution in [3.05, 3.63) is 71.4 Å². The topological polar surface area (TPSA) is 85.9 Å². The average molecular weight is 434 g/mol. The van der Waals surface area contributed by atoms with Gasteiger partial charge in [-0.05, 0) is 39.2 Å². The number of benzene rings is 2. The third-order valence-corrected chi connectivity index (χ3v) is 5.66. The second kappa shape index (κ2) is 8.88. The van der Waals surface area contributed by atoms with Crippen LogP contribution in [0.3, 0.4) is 0 Å². The van der Waals surface area contributed by atoms with Gasteiger partial charge in [0, 0.05) is 41.3 Å². The van der Waals surface area contributed by atoms with Gasteiger partial charge in [-0.15, -0.1) is 0 Å². The highest BCUT2D eigenvalue weighted by molar-refractivity contribution is 6.46. The number of carbonyl (C=O) groups excluding carboxylic acids is 2. The molecule has 4 rings (SSSR count). The van der Waals surface area contributed by atoms with Crippen molar-refractivity contribution in [3.63, 3.8) is 0 Å². The summed E-state index contributed by atoms with van der Waals surface area (Å²) >= 11 is 0. The summed E-state index contributed by atoms with van der Waals surface area (Å²) in [5.74, 6) is -0.905. The van der Waals surface area contributed by atoms with Gasteiger partial charge >= 0.3 is 0 Å². The first-order chi connectivity index (χ1) is 15.4. The van der Waals surface area contributed by atoms with E-state index < -0.39 is 17.7 Å². The third kappa shape index (κ3) is 3.87. The Bertz CT molecular complexity index is 1190. The molecule has 2 N–H and O–H groups in total. The molecule has 7 heteroatoms. The first kappa shape index (κ1) is 21.6. The number of aromatic nitrogens is 1. The number of hydrogen-bond acceptors (Lipinski definition) is 5. The molecular formula is C25H27N3O4. The van der Waals surface area contributed by atoms with Gasteiger partial charge in [0.15, 0.2) is 0 Å². The fourth-order valence-electron chi connectivity index (χ4n) is 4.12. The molecule has 7 nitrogen and oxygen atoms in total. The number of ketones is 1. The second-order valence-electron chi connectivity index (χ2n) is 8.05. The second-order valence-corrected chi connectivity index (χ2v) is 8.05. The van der Waals surface area contributed by atoms with Gasteiger partial charge in [-0.3, -0.25) is 9.59 Å². The quantitative estimate of drug-likeness (QED) is 0.338. The normalized spacial score (nSPS) is 18.1. The Hall–Kier alpha value is -3.58. The van der Waals surface area contributed by atoms with Gasteiger partial charge < -0.3 is 24.6 Å². The average Bonchev–Trinajstić information content (AvgIpc) is 3.31. The number of likely N-dealkylation sites (tertiary alicyclic amines) is 1. The number of ether oxygens (including phenoxy) is 1. The highest BCUT2D eigenvalue weighted by Crippen LogP contribution is 2.42. The Balaban J connectivity index is 1.88. The number of nitrogens with zero attached hydrogens (tertiary/aromatic N) is 2. The van der Waals surface area contributed by atoms with Crippen molar-refractivity contribution in [1.29, 1.82) is 0 Å². The molecule has 1 aliphatic rings. The van der Waals surface area contributed by atoms with Gasteiger partial charge in [0.2, 0.25) is 0 Å². The number of rotatable bonds is 7. The van der Waals surface area contributed by atoms with Gasteiger partial charge in [-0.2, -0.15) is 0 Å². The van der Waals surface area contributed by atoms with E-state index in [1.165, 1.54) is 0 Å². The van der Waals surface area contributed by atoms with Gasteiger partial charge in [0.05, 0.1) is 18.2 Å². The fraction of sp³-hybridized carbons (Fsp3) is 0.280.